The van der Waals surface area contributed by atoms with Crippen molar-refractivity contribution in [2.24, 2.45) is 0 Å². The summed E-state index contributed by atoms with van der Waals surface area (Å²) >= 11 is 12.1. The van der Waals surface area contributed by atoms with E-state index in [-0.39, 0.29) is 24.4 Å². The molecule has 0 aromatic heterocycles. The van der Waals surface area contributed by atoms with Crippen LogP contribution >= 0.6 is 23.2 Å². The first-order valence-electron chi connectivity index (χ1n) is 8.46. The summed E-state index contributed by atoms with van der Waals surface area (Å²) in [5.41, 5.74) is 1.63. The molecule has 6 heteroatoms. The van der Waals surface area contributed by atoms with Crippen LogP contribution in [0.3, 0.4) is 0 Å². The third-order valence-electron chi connectivity index (χ3n) is 4.51. The van der Waals surface area contributed by atoms with E-state index in [2.05, 4.69) is 0 Å². The third-order valence-corrected chi connectivity index (χ3v) is 5.00. The van der Waals surface area contributed by atoms with E-state index >= 15 is 0 Å². The van der Waals surface area contributed by atoms with Gasteiger partial charge in [0.05, 0.1) is 0 Å². The van der Waals surface area contributed by atoms with E-state index in [0.717, 1.165) is 11.1 Å². The molecule has 4 nitrogen and oxygen atoms in total. The van der Waals surface area contributed by atoms with Crippen LogP contribution in [0, 0.1) is 0 Å². The first kappa shape index (κ1) is 18.7. The number of carbonyl (C=O) groups excluding carboxylic acids is 2. The fraction of sp³-hybridized carbons (Fsp3) is 0.300. The topological polar surface area (TPSA) is 40.6 Å². The van der Waals surface area contributed by atoms with Crippen LogP contribution in [0.25, 0.3) is 0 Å². The van der Waals surface area contributed by atoms with E-state index in [4.69, 9.17) is 23.2 Å². The van der Waals surface area contributed by atoms with Crippen molar-refractivity contribution in [3.63, 3.8) is 0 Å². The summed E-state index contributed by atoms with van der Waals surface area (Å²) in [6.45, 7) is 4.25. The number of piperazine rings is 1. The van der Waals surface area contributed by atoms with Gasteiger partial charge in [-0.15, -0.1) is 0 Å². The molecule has 0 aliphatic carbocycles. The minimum absolute atomic E-state index is 0.0502. The lowest BCUT2D eigenvalue weighted by Crippen LogP contribution is -2.56. The lowest BCUT2D eigenvalue weighted by molar-refractivity contribution is -0.158. The second-order valence-electron chi connectivity index (χ2n) is 6.67. The average Bonchev–Trinajstić information content (AvgIpc) is 2.59. The maximum Gasteiger partial charge on any atom is 0.250 e. The monoisotopic (exact) mass is 390 g/mol. The molecule has 1 atom stereocenters. The van der Waals surface area contributed by atoms with Crippen LogP contribution in [0.15, 0.2) is 48.5 Å². The van der Waals surface area contributed by atoms with E-state index in [0.29, 0.717) is 16.6 Å². The van der Waals surface area contributed by atoms with Crippen LogP contribution in [0.1, 0.15) is 31.0 Å². The zero-order valence-corrected chi connectivity index (χ0v) is 16.2. The van der Waals surface area contributed by atoms with Crippen LogP contribution in [-0.4, -0.2) is 34.2 Å². The molecule has 2 aromatic rings. The van der Waals surface area contributed by atoms with Crippen molar-refractivity contribution in [1.82, 2.24) is 9.80 Å². The van der Waals surface area contributed by atoms with Crippen molar-refractivity contribution in [2.45, 2.75) is 32.5 Å². The summed E-state index contributed by atoms with van der Waals surface area (Å²) in [6.07, 6.45) is 0. The Morgan fingerprint density at radius 2 is 1.73 bits per heavy atom. The highest BCUT2D eigenvalue weighted by atomic mass is 35.5. The van der Waals surface area contributed by atoms with Crippen LogP contribution in [-0.2, 0) is 16.1 Å². The Kier molecular flexibility index (Phi) is 5.54. The van der Waals surface area contributed by atoms with Crippen molar-refractivity contribution >= 4 is 35.0 Å². The molecule has 1 heterocycles. The molecule has 1 aliphatic heterocycles. The number of nitrogens with zero attached hydrogens (tertiary/aromatic N) is 2. The first-order chi connectivity index (χ1) is 12.4. The van der Waals surface area contributed by atoms with Crippen molar-refractivity contribution in [1.29, 1.82) is 0 Å². The Morgan fingerprint density at radius 3 is 2.35 bits per heavy atom. The molecule has 0 radical (unpaired) electrons. The first-order valence-corrected chi connectivity index (χ1v) is 9.22. The van der Waals surface area contributed by atoms with E-state index in [1.807, 2.05) is 32.0 Å². The van der Waals surface area contributed by atoms with Crippen molar-refractivity contribution < 1.29 is 9.59 Å². The molecule has 3 rings (SSSR count). The Morgan fingerprint density at radius 1 is 1.04 bits per heavy atom. The van der Waals surface area contributed by atoms with Gasteiger partial charge in [-0.1, -0.05) is 47.5 Å². The van der Waals surface area contributed by atoms with Gasteiger partial charge in [0.15, 0.2) is 0 Å². The van der Waals surface area contributed by atoms with Crippen LogP contribution < -0.4 is 0 Å². The molecule has 1 aliphatic rings. The van der Waals surface area contributed by atoms with Gasteiger partial charge in [-0.05, 0) is 49.2 Å². The zero-order valence-electron chi connectivity index (χ0n) is 14.7. The minimum Gasteiger partial charge on any atom is -0.329 e. The predicted molar refractivity (Wildman–Crippen MR) is 103 cm³/mol. The Bertz CT molecular complexity index is 821. The number of hydrogen-bond donors (Lipinski definition) is 0. The fourth-order valence-corrected chi connectivity index (χ4v) is 3.48. The number of amides is 2. The number of hydrogen-bond acceptors (Lipinski definition) is 2. The highest BCUT2D eigenvalue weighted by molar-refractivity contribution is 6.30. The number of benzene rings is 2. The molecule has 1 fully saturated rings. The maximum atomic E-state index is 13.1. The standard InChI is InChI=1S/C20H20Cl2N2O2/c1-13(2)23-12-18(25)24(11-14-6-8-16(21)9-7-14)19(20(23)26)15-4-3-5-17(22)10-15/h3-10,13,19H,11-12H2,1-2H3. The summed E-state index contributed by atoms with van der Waals surface area (Å²) in [5, 5.41) is 1.17. The van der Waals surface area contributed by atoms with Gasteiger partial charge < -0.3 is 9.80 Å². The lowest BCUT2D eigenvalue weighted by Gasteiger charge is -2.42. The maximum absolute atomic E-state index is 13.1. The molecule has 0 spiro atoms. The fourth-order valence-electron chi connectivity index (χ4n) is 3.15. The summed E-state index contributed by atoms with van der Waals surface area (Å²) in [5.74, 6) is -0.172. The molecule has 0 saturated carbocycles. The van der Waals surface area contributed by atoms with Crippen LogP contribution in [0.5, 0.6) is 0 Å². The van der Waals surface area contributed by atoms with E-state index < -0.39 is 6.04 Å². The van der Waals surface area contributed by atoms with Gasteiger partial charge in [0.25, 0.3) is 5.91 Å². The van der Waals surface area contributed by atoms with Gasteiger partial charge >= 0.3 is 0 Å². The number of rotatable bonds is 4. The lowest BCUT2D eigenvalue weighted by atomic mass is 9.99. The Labute approximate surface area is 163 Å². The van der Waals surface area contributed by atoms with E-state index in [9.17, 15) is 9.59 Å². The van der Waals surface area contributed by atoms with Crippen molar-refractivity contribution in [2.75, 3.05) is 6.54 Å². The summed E-state index contributed by atoms with van der Waals surface area (Å²) in [6, 6.07) is 13.7. The second kappa shape index (κ2) is 7.68. The smallest absolute Gasteiger partial charge is 0.250 e. The third kappa shape index (κ3) is 3.87. The molecule has 1 unspecified atom stereocenters. The molecule has 2 amide bonds. The zero-order chi connectivity index (χ0) is 18.8. The van der Waals surface area contributed by atoms with Crippen molar-refractivity contribution in [3.05, 3.63) is 69.7 Å². The van der Waals surface area contributed by atoms with Gasteiger partial charge in [0.1, 0.15) is 12.6 Å². The number of carbonyl (C=O) groups is 2. The average molecular weight is 391 g/mol. The Hall–Kier alpha value is -2.04. The molecule has 136 valence electrons. The normalized spacial score (nSPS) is 18.0. The highest BCUT2D eigenvalue weighted by Gasteiger charge is 2.41. The summed E-state index contributed by atoms with van der Waals surface area (Å²) in [7, 11) is 0. The van der Waals surface area contributed by atoms with Gasteiger partial charge in [0.2, 0.25) is 5.91 Å². The van der Waals surface area contributed by atoms with Gasteiger partial charge in [0, 0.05) is 22.6 Å². The molecule has 2 aromatic carbocycles. The van der Waals surface area contributed by atoms with Gasteiger partial charge in [-0.25, -0.2) is 0 Å². The summed E-state index contributed by atoms with van der Waals surface area (Å²) < 4.78 is 0. The second-order valence-corrected chi connectivity index (χ2v) is 7.54. The Balaban J connectivity index is 1.99. The number of halogens is 2. The van der Waals surface area contributed by atoms with E-state index in [1.54, 1.807) is 40.1 Å². The molecule has 0 N–H and O–H groups in total. The molecule has 0 bridgehead atoms. The quantitative estimate of drug-likeness (QED) is 0.779. The van der Waals surface area contributed by atoms with Crippen LogP contribution in [0.4, 0.5) is 0 Å². The predicted octanol–water partition coefficient (Wildman–Crippen LogP) is 4.31. The SMILES string of the molecule is CC(C)N1CC(=O)N(Cc2ccc(Cl)cc2)C(c2cccc(Cl)c2)C1=O. The molecule has 26 heavy (non-hydrogen) atoms. The van der Waals surface area contributed by atoms with Crippen molar-refractivity contribution in [3.8, 4) is 0 Å². The highest BCUT2D eigenvalue weighted by Crippen LogP contribution is 2.31. The summed E-state index contributed by atoms with van der Waals surface area (Å²) in [4.78, 5) is 29.3. The van der Waals surface area contributed by atoms with Gasteiger partial charge in [-0.3, -0.25) is 9.59 Å². The largest absolute Gasteiger partial charge is 0.329 e. The molecular formula is C20H20Cl2N2O2. The molecule has 1 saturated heterocycles. The van der Waals surface area contributed by atoms with Gasteiger partial charge in [-0.2, -0.15) is 0 Å². The van der Waals surface area contributed by atoms with E-state index in [1.165, 1.54) is 0 Å². The minimum atomic E-state index is -0.687. The van der Waals surface area contributed by atoms with Crippen LogP contribution in [0.2, 0.25) is 10.0 Å². The molecular weight excluding hydrogens is 371 g/mol.